The number of halogens is 3. The second kappa shape index (κ2) is 4.21. The molecule has 0 aliphatic carbocycles. The number of carboxylic acids is 1. The highest BCUT2D eigenvalue weighted by atomic mass is 32.1. The lowest BCUT2D eigenvalue weighted by Crippen LogP contribution is -1.97. The quantitative estimate of drug-likeness (QED) is 0.837. The molecule has 0 unspecified atom stereocenters. The Balaban J connectivity index is 2.64. The van der Waals surface area contributed by atoms with Crippen LogP contribution in [0.1, 0.15) is 9.67 Å². The van der Waals surface area contributed by atoms with Gasteiger partial charge in [0.25, 0.3) is 0 Å². The van der Waals surface area contributed by atoms with Crippen LogP contribution >= 0.6 is 11.3 Å². The molecular formula is C11H5F3O2S. The predicted molar refractivity (Wildman–Crippen MR) is 56.6 cm³/mol. The van der Waals surface area contributed by atoms with Crippen LogP contribution in [0.4, 0.5) is 13.2 Å². The van der Waals surface area contributed by atoms with Crippen molar-refractivity contribution in [2.45, 2.75) is 0 Å². The molecule has 6 heteroatoms. The van der Waals surface area contributed by atoms with E-state index < -0.39 is 23.4 Å². The maximum absolute atomic E-state index is 13.4. The monoisotopic (exact) mass is 258 g/mol. The third-order valence-electron chi connectivity index (χ3n) is 2.16. The molecule has 2 aromatic rings. The zero-order valence-corrected chi connectivity index (χ0v) is 9.02. The third-order valence-corrected chi connectivity index (χ3v) is 3.06. The second-order valence-electron chi connectivity index (χ2n) is 3.21. The average molecular weight is 258 g/mol. The molecule has 0 aliphatic heterocycles. The van der Waals surface area contributed by atoms with Crippen molar-refractivity contribution in [3.63, 3.8) is 0 Å². The summed E-state index contributed by atoms with van der Waals surface area (Å²) in [5.74, 6) is -4.76. The predicted octanol–water partition coefficient (Wildman–Crippen LogP) is 3.53. The van der Waals surface area contributed by atoms with Gasteiger partial charge in [-0.15, -0.1) is 11.3 Å². The van der Waals surface area contributed by atoms with E-state index in [0.717, 1.165) is 11.3 Å². The van der Waals surface area contributed by atoms with E-state index in [1.165, 1.54) is 11.4 Å². The molecule has 0 saturated carbocycles. The van der Waals surface area contributed by atoms with Crippen LogP contribution in [0.2, 0.25) is 0 Å². The molecule has 0 amide bonds. The number of hydrogen-bond donors (Lipinski definition) is 1. The molecular weight excluding hydrogens is 253 g/mol. The molecule has 0 fully saturated rings. The summed E-state index contributed by atoms with van der Waals surface area (Å²) in [5.41, 5.74) is -0.221. The topological polar surface area (TPSA) is 37.3 Å². The van der Waals surface area contributed by atoms with E-state index in [4.69, 9.17) is 5.11 Å². The molecule has 1 aromatic carbocycles. The van der Waals surface area contributed by atoms with Crippen molar-refractivity contribution in [1.82, 2.24) is 0 Å². The van der Waals surface area contributed by atoms with Gasteiger partial charge in [-0.3, -0.25) is 0 Å². The Morgan fingerprint density at radius 2 is 1.71 bits per heavy atom. The van der Waals surface area contributed by atoms with Crippen LogP contribution in [0, 0.1) is 17.5 Å². The fraction of sp³-hybridized carbons (Fsp3) is 0. The molecule has 17 heavy (non-hydrogen) atoms. The van der Waals surface area contributed by atoms with Crippen LogP contribution in [0.5, 0.6) is 0 Å². The van der Waals surface area contributed by atoms with Crippen molar-refractivity contribution < 1.29 is 23.1 Å². The van der Waals surface area contributed by atoms with Gasteiger partial charge in [0, 0.05) is 17.2 Å². The summed E-state index contributed by atoms with van der Waals surface area (Å²) < 4.78 is 39.2. The Morgan fingerprint density at radius 1 is 1.06 bits per heavy atom. The molecule has 0 spiro atoms. The first-order chi connectivity index (χ1) is 8.00. The van der Waals surface area contributed by atoms with Crippen molar-refractivity contribution in [2.75, 3.05) is 0 Å². The summed E-state index contributed by atoms with van der Waals surface area (Å²) in [7, 11) is 0. The Kier molecular flexibility index (Phi) is 2.89. The maximum Gasteiger partial charge on any atom is 0.346 e. The van der Waals surface area contributed by atoms with E-state index in [1.807, 2.05) is 0 Å². The van der Waals surface area contributed by atoms with Gasteiger partial charge in [-0.05, 0) is 17.5 Å². The van der Waals surface area contributed by atoms with Crippen LogP contribution in [0.3, 0.4) is 0 Å². The van der Waals surface area contributed by atoms with E-state index in [2.05, 4.69) is 0 Å². The molecule has 1 aromatic heterocycles. The van der Waals surface area contributed by atoms with Crippen molar-refractivity contribution in [3.05, 3.63) is 45.9 Å². The molecule has 0 radical (unpaired) electrons. The third kappa shape index (κ3) is 2.03. The molecule has 0 saturated heterocycles. The normalized spacial score (nSPS) is 10.5. The van der Waals surface area contributed by atoms with Gasteiger partial charge in [-0.25, -0.2) is 18.0 Å². The highest BCUT2D eigenvalue weighted by Crippen LogP contribution is 2.31. The SMILES string of the molecule is O=C(O)c1sccc1-c1cc(F)c(F)cc1F. The minimum absolute atomic E-state index is 0.0406. The molecule has 88 valence electrons. The summed E-state index contributed by atoms with van der Waals surface area (Å²) in [6.07, 6.45) is 0. The average Bonchev–Trinajstić information content (AvgIpc) is 2.72. The van der Waals surface area contributed by atoms with Crippen LogP contribution in [-0.2, 0) is 0 Å². The zero-order chi connectivity index (χ0) is 12.6. The molecule has 0 atom stereocenters. The van der Waals surface area contributed by atoms with Gasteiger partial charge in [0.15, 0.2) is 11.6 Å². The van der Waals surface area contributed by atoms with E-state index >= 15 is 0 Å². The molecule has 0 aliphatic rings. The van der Waals surface area contributed by atoms with Crippen LogP contribution in [0.25, 0.3) is 11.1 Å². The number of benzene rings is 1. The first-order valence-corrected chi connectivity index (χ1v) is 5.34. The van der Waals surface area contributed by atoms with Crippen molar-refractivity contribution >= 4 is 17.3 Å². The van der Waals surface area contributed by atoms with Crippen molar-refractivity contribution in [1.29, 1.82) is 0 Å². The summed E-state index contributed by atoms with van der Waals surface area (Å²) in [4.78, 5) is 10.7. The largest absolute Gasteiger partial charge is 0.477 e. The van der Waals surface area contributed by atoms with Crippen molar-refractivity contribution in [3.8, 4) is 11.1 Å². The Labute approximate surface area is 97.9 Å². The maximum atomic E-state index is 13.4. The Hall–Kier alpha value is -1.82. The van der Waals surface area contributed by atoms with Crippen LogP contribution < -0.4 is 0 Å². The van der Waals surface area contributed by atoms with Gasteiger partial charge >= 0.3 is 5.97 Å². The van der Waals surface area contributed by atoms with E-state index in [0.29, 0.717) is 12.1 Å². The summed E-state index contributed by atoms with van der Waals surface area (Å²) in [6.45, 7) is 0. The molecule has 1 N–H and O–H groups in total. The van der Waals surface area contributed by atoms with Crippen molar-refractivity contribution in [2.24, 2.45) is 0 Å². The lowest BCUT2D eigenvalue weighted by atomic mass is 10.1. The lowest BCUT2D eigenvalue weighted by molar-refractivity contribution is 0.0703. The number of rotatable bonds is 2. The summed E-state index contributed by atoms with van der Waals surface area (Å²) in [5, 5.41) is 10.3. The van der Waals surface area contributed by atoms with E-state index in [-0.39, 0.29) is 16.0 Å². The number of thiophene rings is 1. The highest BCUT2D eigenvalue weighted by molar-refractivity contribution is 7.12. The van der Waals surface area contributed by atoms with E-state index in [9.17, 15) is 18.0 Å². The minimum Gasteiger partial charge on any atom is -0.477 e. The molecule has 2 nitrogen and oxygen atoms in total. The number of aromatic carboxylic acids is 1. The number of carbonyl (C=O) groups is 1. The minimum atomic E-state index is -1.31. The second-order valence-corrected chi connectivity index (χ2v) is 4.13. The fourth-order valence-electron chi connectivity index (χ4n) is 1.42. The standard InChI is InChI=1S/C11H5F3O2S/c12-7-4-9(14)8(13)3-6(7)5-1-2-17-10(5)11(15)16/h1-4H,(H,15,16). The van der Waals surface area contributed by atoms with Gasteiger partial charge in [-0.2, -0.15) is 0 Å². The van der Waals surface area contributed by atoms with Gasteiger partial charge in [0.05, 0.1) is 0 Å². The van der Waals surface area contributed by atoms with Gasteiger partial charge < -0.3 is 5.11 Å². The van der Waals surface area contributed by atoms with Gasteiger partial charge in [-0.1, -0.05) is 0 Å². The highest BCUT2D eigenvalue weighted by Gasteiger charge is 2.18. The summed E-state index contributed by atoms with van der Waals surface area (Å²) in [6, 6.07) is 2.40. The Bertz CT molecular complexity index is 592. The lowest BCUT2D eigenvalue weighted by Gasteiger charge is -2.03. The first-order valence-electron chi connectivity index (χ1n) is 4.46. The fourth-order valence-corrected chi connectivity index (χ4v) is 2.16. The molecule has 2 rings (SSSR count). The smallest absolute Gasteiger partial charge is 0.346 e. The number of hydrogen-bond acceptors (Lipinski definition) is 2. The zero-order valence-electron chi connectivity index (χ0n) is 8.21. The van der Waals surface area contributed by atoms with Gasteiger partial charge in [0.1, 0.15) is 10.7 Å². The molecule has 0 bridgehead atoms. The van der Waals surface area contributed by atoms with Crippen LogP contribution in [-0.4, -0.2) is 11.1 Å². The number of carboxylic acid groups (broad SMARTS) is 1. The summed E-state index contributed by atoms with van der Waals surface area (Å²) >= 11 is 0.889. The van der Waals surface area contributed by atoms with Gasteiger partial charge in [0.2, 0.25) is 0 Å². The van der Waals surface area contributed by atoms with Crippen LogP contribution in [0.15, 0.2) is 23.6 Å². The Morgan fingerprint density at radius 3 is 2.35 bits per heavy atom. The first kappa shape index (κ1) is 11.7. The molecule has 1 heterocycles. The van der Waals surface area contributed by atoms with E-state index in [1.54, 1.807) is 0 Å².